The maximum absolute atomic E-state index is 11.6. The van der Waals surface area contributed by atoms with E-state index < -0.39 is 0 Å². The number of primary amides is 1. The summed E-state index contributed by atoms with van der Waals surface area (Å²) in [6.45, 7) is 0. The van der Waals surface area contributed by atoms with Gasteiger partial charge in [0, 0.05) is 0 Å². The van der Waals surface area contributed by atoms with Crippen LogP contribution in [0, 0.1) is 5.92 Å². The first-order valence-corrected chi connectivity index (χ1v) is 6.28. The van der Waals surface area contributed by atoms with Crippen LogP contribution >= 0.6 is 11.3 Å². The molecule has 5 heteroatoms. The summed E-state index contributed by atoms with van der Waals surface area (Å²) in [5.41, 5.74) is 9.53. The zero-order valence-electron chi connectivity index (χ0n) is 9.04. The van der Waals surface area contributed by atoms with Crippen LogP contribution in [0.15, 0.2) is 29.8 Å². The highest BCUT2D eigenvalue weighted by Gasteiger charge is 2.38. The highest BCUT2D eigenvalue weighted by atomic mass is 32.1. The number of carbonyl (C=O) groups excluding carboxylic acids is 1. The van der Waals surface area contributed by atoms with Gasteiger partial charge in [-0.1, -0.05) is 24.3 Å². The molecule has 1 aromatic heterocycles. The monoisotopic (exact) mass is 245 g/mol. The molecule has 1 aromatic carbocycles. The average molecular weight is 245 g/mol. The van der Waals surface area contributed by atoms with Crippen molar-refractivity contribution in [1.29, 1.82) is 0 Å². The molecule has 2 N–H and O–H groups in total. The van der Waals surface area contributed by atoms with Crippen LogP contribution in [0.3, 0.4) is 0 Å². The lowest BCUT2D eigenvalue weighted by Crippen LogP contribution is -2.27. The number of nitrogens with zero attached hydrogens (tertiary/aromatic N) is 2. The number of amides is 1. The second-order valence-electron chi connectivity index (χ2n) is 4.17. The van der Waals surface area contributed by atoms with Gasteiger partial charge >= 0.3 is 0 Å². The van der Waals surface area contributed by atoms with Crippen molar-refractivity contribution < 1.29 is 4.79 Å². The summed E-state index contributed by atoms with van der Waals surface area (Å²) in [4.78, 5) is 11.6. The Morgan fingerprint density at radius 3 is 2.94 bits per heavy atom. The lowest BCUT2D eigenvalue weighted by molar-refractivity contribution is -0.121. The van der Waals surface area contributed by atoms with E-state index in [4.69, 9.17) is 5.73 Å². The fraction of sp³-hybridized carbons (Fsp3) is 0.250. The average Bonchev–Trinajstić information content (AvgIpc) is 2.94. The summed E-state index contributed by atoms with van der Waals surface area (Å²) in [7, 11) is 0. The predicted octanol–water partition coefficient (Wildman–Crippen LogP) is 1.33. The Bertz CT molecular complexity index is 553. The van der Waals surface area contributed by atoms with E-state index in [0.717, 1.165) is 10.6 Å². The maximum Gasteiger partial charge on any atom is 0.221 e. The van der Waals surface area contributed by atoms with Crippen LogP contribution in [-0.2, 0) is 11.2 Å². The summed E-state index contributed by atoms with van der Waals surface area (Å²) in [6.07, 6.45) is 0.704. The van der Waals surface area contributed by atoms with Crippen LogP contribution < -0.4 is 5.73 Å². The quantitative estimate of drug-likeness (QED) is 0.867. The molecule has 0 spiro atoms. The molecular formula is C12H11N3OS. The highest BCUT2D eigenvalue weighted by Crippen LogP contribution is 2.42. The molecule has 0 radical (unpaired) electrons. The lowest BCUT2D eigenvalue weighted by atomic mass is 9.93. The molecule has 1 amide bonds. The zero-order chi connectivity index (χ0) is 11.8. The van der Waals surface area contributed by atoms with Gasteiger partial charge in [-0.2, -0.15) is 0 Å². The Balaban J connectivity index is 2.11. The largest absolute Gasteiger partial charge is 0.369 e. The molecule has 86 valence electrons. The molecule has 0 saturated heterocycles. The standard InChI is InChI=1S/C12H11N3OS/c13-11(16)9-5-7-3-1-2-4-8(7)10(9)12-15-14-6-17-12/h1-4,6,9-10H,5H2,(H2,13,16). The van der Waals surface area contributed by atoms with Crippen molar-refractivity contribution >= 4 is 17.2 Å². The van der Waals surface area contributed by atoms with Gasteiger partial charge in [-0.05, 0) is 17.5 Å². The third-order valence-electron chi connectivity index (χ3n) is 3.24. The minimum atomic E-state index is -0.263. The van der Waals surface area contributed by atoms with Gasteiger partial charge in [-0.3, -0.25) is 4.79 Å². The van der Waals surface area contributed by atoms with Gasteiger partial charge in [-0.15, -0.1) is 21.5 Å². The van der Waals surface area contributed by atoms with Crippen molar-refractivity contribution in [2.45, 2.75) is 12.3 Å². The number of hydrogen-bond donors (Lipinski definition) is 1. The topological polar surface area (TPSA) is 68.9 Å². The Morgan fingerprint density at radius 1 is 1.41 bits per heavy atom. The molecule has 0 bridgehead atoms. The Morgan fingerprint density at radius 2 is 2.24 bits per heavy atom. The summed E-state index contributed by atoms with van der Waals surface area (Å²) < 4.78 is 0. The SMILES string of the molecule is NC(=O)C1Cc2ccccc2C1c1nncs1. The number of aromatic nitrogens is 2. The third kappa shape index (κ3) is 1.63. The summed E-state index contributed by atoms with van der Waals surface area (Å²) >= 11 is 1.47. The van der Waals surface area contributed by atoms with E-state index in [0.29, 0.717) is 6.42 Å². The third-order valence-corrected chi connectivity index (χ3v) is 4.02. The van der Waals surface area contributed by atoms with Crippen molar-refractivity contribution in [2.24, 2.45) is 11.7 Å². The first kappa shape index (κ1) is 10.4. The van der Waals surface area contributed by atoms with E-state index in [1.165, 1.54) is 16.9 Å². The van der Waals surface area contributed by atoms with Crippen LogP contribution in [0.25, 0.3) is 0 Å². The van der Waals surface area contributed by atoms with Gasteiger partial charge in [0.1, 0.15) is 10.5 Å². The normalized spacial score (nSPS) is 22.4. The number of hydrogen-bond acceptors (Lipinski definition) is 4. The van der Waals surface area contributed by atoms with Crippen molar-refractivity contribution in [3.05, 3.63) is 45.9 Å². The molecule has 1 aliphatic rings. The van der Waals surface area contributed by atoms with Crippen molar-refractivity contribution in [3.8, 4) is 0 Å². The molecule has 2 aromatic rings. The van der Waals surface area contributed by atoms with Crippen molar-refractivity contribution in [3.63, 3.8) is 0 Å². The number of benzene rings is 1. The summed E-state index contributed by atoms with van der Waals surface area (Å²) in [5.74, 6) is -0.474. The molecule has 0 fully saturated rings. The Hall–Kier alpha value is -1.75. The molecular weight excluding hydrogens is 234 g/mol. The molecule has 17 heavy (non-hydrogen) atoms. The Kier molecular flexibility index (Phi) is 2.40. The highest BCUT2D eigenvalue weighted by molar-refractivity contribution is 7.09. The lowest BCUT2D eigenvalue weighted by Gasteiger charge is -2.14. The van der Waals surface area contributed by atoms with E-state index in [9.17, 15) is 4.79 Å². The first-order chi connectivity index (χ1) is 8.27. The number of nitrogens with two attached hydrogens (primary N) is 1. The fourth-order valence-electron chi connectivity index (χ4n) is 2.48. The van der Waals surface area contributed by atoms with E-state index in [1.807, 2.05) is 24.3 Å². The second kappa shape index (κ2) is 3.92. The predicted molar refractivity (Wildman–Crippen MR) is 64.6 cm³/mol. The first-order valence-electron chi connectivity index (χ1n) is 5.40. The van der Waals surface area contributed by atoms with Crippen LogP contribution in [0.5, 0.6) is 0 Å². The van der Waals surface area contributed by atoms with Gasteiger partial charge in [0.15, 0.2) is 0 Å². The van der Waals surface area contributed by atoms with E-state index >= 15 is 0 Å². The minimum Gasteiger partial charge on any atom is -0.369 e. The van der Waals surface area contributed by atoms with Crippen LogP contribution in [-0.4, -0.2) is 16.1 Å². The van der Waals surface area contributed by atoms with Gasteiger partial charge in [-0.25, -0.2) is 0 Å². The second-order valence-corrected chi connectivity index (χ2v) is 5.03. The van der Waals surface area contributed by atoms with Gasteiger partial charge in [0.05, 0.1) is 11.8 Å². The number of rotatable bonds is 2. The molecule has 3 rings (SSSR count). The maximum atomic E-state index is 11.6. The zero-order valence-corrected chi connectivity index (χ0v) is 9.85. The Labute approximate surface area is 102 Å². The van der Waals surface area contributed by atoms with Gasteiger partial charge in [0.25, 0.3) is 0 Å². The molecule has 1 heterocycles. The van der Waals surface area contributed by atoms with E-state index in [1.54, 1.807) is 5.51 Å². The van der Waals surface area contributed by atoms with E-state index in [2.05, 4.69) is 10.2 Å². The smallest absolute Gasteiger partial charge is 0.221 e. The minimum absolute atomic E-state index is 0.0174. The molecule has 0 aliphatic heterocycles. The van der Waals surface area contributed by atoms with Crippen molar-refractivity contribution in [1.82, 2.24) is 10.2 Å². The van der Waals surface area contributed by atoms with Gasteiger partial charge < -0.3 is 5.73 Å². The molecule has 2 atom stereocenters. The number of carbonyl (C=O) groups is 1. The van der Waals surface area contributed by atoms with Gasteiger partial charge in [0.2, 0.25) is 5.91 Å². The van der Waals surface area contributed by atoms with Crippen LogP contribution in [0.1, 0.15) is 22.1 Å². The molecule has 1 aliphatic carbocycles. The summed E-state index contributed by atoms with van der Waals surface area (Å²) in [5, 5.41) is 8.81. The molecule has 4 nitrogen and oxygen atoms in total. The van der Waals surface area contributed by atoms with E-state index in [-0.39, 0.29) is 17.7 Å². The van der Waals surface area contributed by atoms with Crippen molar-refractivity contribution in [2.75, 3.05) is 0 Å². The molecule has 0 saturated carbocycles. The summed E-state index contributed by atoms with van der Waals surface area (Å²) in [6, 6.07) is 8.06. The van der Waals surface area contributed by atoms with Crippen LogP contribution in [0.4, 0.5) is 0 Å². The fourth-order valence-corrected chi connectivity index (χ4v) is 3.22. The molecule has 2 unspecified atom stereocenters. The number of fused-ring (bicyclic) bond motifs is 1. The van der Waals surface area contributed by atoms with Crippen LogP contribution in [0.2, 0.25) is 0 Å².